The number of carbonyl (C=O) groups is 1. The van der Waals surface area contributed by atoms with Crippen molar-refractivity contribution in [3.63, 3.8) is 0 Å². The van der Waals surface area contributed by atoms with Crippen LogP contribution < -0.4 is 5.32 Å². The standard InChI is InChI=1S/C21H26BrN3O3S/c1-15-5-7-19(18(22)12-15)23-21(26)14-24-8-10-25(11-9-24)29(27,28)20-13-16(2)4-6-17(20)3/h4-7,12-13H,8-11,14H2,1-3H3,(H,23,26). The first-order valence-corrected chi connectivity index (χ1v) is 11.8. The summed E-state index contributed by atoms with van der Waals surface area (Å²) in [6.07, 6.45) is 0. The highest BCUT2D eigenvalue weighted by atomic mass is 79.9. The van der Waals surface area contributed by atoms with Crippen molar-refractivity contribution in [1.82, 2.24) is 9.21 Å². The van der Waals surface area contributed by atoms with Crippen molar-refractivity contribution in [2.75, 3.05) is 38.0 Å². The van der Waals surface area contributed by atoms with Crippen LogP contribution in [-0.4, -0.2) is 56.3 Å². The Kier molecular flexibility index (Phi) is 6.78. The molecule has 156 valence electrons. The molecule has 3 rings (SSSR count). The normalized spacial score (nSPS) is 16.0. The highest BCUT2D eigenvalue weighted by Crippen LogP contribution is 2.24. The summed E-state index contributed by atoms with van der Waals surface area (Å²) in [6.45, 7) is 7.71. The van der Waals surface area contributed by atoms with E-state index in [0.717, 1.165) is 26.9 Å². The van der Waals surface area contributed by atoms with Gasteiger partial charge in [0, 0.05) is 30.7 Å². The highest BCUT2D eigenvalue weighted by molar-refractivity contribution is 9.10. The Morgan fingerprint density at radius 3 is 2.28 bits per heavy atom. The summed E-state index contributed by atoms with van der Waals surface area (Å²) in [5, 5.41) is 2.91. The molecular formula is C21H26BrN3O3S. The maximum atomic E-state index is 13.0. The molecule has 1 aliphatic rings. The molecule has 1 aliphatic heterocycles. The first-order valence-electron chi connectivity index (χ1n) is 9.52. The zero-order valence-corrected chi connectivity index (χ0v) is 19.3. The summed E-state index contributed by atoms with van der Waals surface area (Å²) < 4.78 is 28.4. The molecule has 1 heterocycles. The van der Waals surface area contributed by atoms with E-state index in [0.29, 0.717) is 31.1 Å². The minimum Gasteiger partial charge on any atom is -0.324 e. The summed E-state index contributed by atoms with van der Waals surface area (Å²) in [4.78, 5) is 14.7. The van der Waals surface area contributed by atoms with Gasteiger partial charge in [-0.25, -0.2) is 8.42 Å². The third kappa shape index (κ3) is 5.25. The summed E-state index contributed by atoms with van der Waals surface area (Å²) in [5.74, 6) is -0.111. The molecule has 0 aliphatic carbocycles. The minimum absolute atomic E-state index is 0.111. The summed E-state index contributed by atoms with van der Waals surface area (Å²) in [5.41, 5.74) is 3.51. The van der Waals surface area contributed by atoms with E-state index in [9.17, 15) is 13.2 Å². The number of aryl methyl sites for hydroxylation is 3. The molecule has 29 heavy (non-hydrogen) atoms. The molecule has 1 amide bonds. The van der Waals surface area contributed by atoms with Crippen LogP contribution in [0.1, 0.15) is 16.7 Å². The van der Waals surface area contributed by atoms with Crippen molar-refractivity contribution in [2.24, 2.45) is 0 Å². The second-order valence-corrected chi connectivity index (χ2v) is 10.2. The average Bonchev–Trinajstić information content (AvgIpc) is 2.66. The maximum Gasteiger partial charge on any atom is 0.243 e. The van der Waals surface area contributed by atoms with Gasteiger partial charge in [-0.3, -0.25) is 9.69 Å². The van der Waals surface area contributed by atoms with Crippen molar-refractivity contribution < 1.29 is 13.2 Å². The summed E-state index contributed by atoms with van der Waals surface area (Å²) >= 11 is 3.46. The van der Waals surface area contributed by atoms with Crippen LogP contribution in [0.15, 0.2) is 45.8 Å². The first kappa shape index (κ1) is 22.0. The predicted molar refractivity (Wildman–Crippen MR) is 119 cm³/mol. The van der Waals surface area contributed by atoms with Crippen molar-refractivity contribution in [1.29, 1.82) is 0 Å². The lowest BCUT2D eigenvalue weighted by Gasteiger charge is -2.33. The van der Waals surface area contributed by atoms with E-state index in [1.165, 1.54) is 4.31 Å². The Morgan fingerprint density at radius 1 is 1.00 bits per heavy atom. The number of carbonyl (C=O) groups excluding carboxylic acids is 1. The molecule has 0 bridgehead atoms. The maximum absolute atomic E-state index is 13.0. The van der Waals surface area contributed by atoms with E-state index in [1.54, 1.807) is 6.07 Å². The summed E-state index contributed by atoms with van der Waals surface area (Å²) in [7, 11) is -3.53. The van der Waals surface area contributed by atoms with Crippen LogP contribution in [0, 0.1) is 20.8 Å². The van der Waals surface area contributed by atoms with Gasteiger partial charge in [-0.2, -0.15) is 4.31 Å². The van der Waals surface area contributed by atoms with E-state index < -0.39 is 10.0 Å². The third-order valence-electron chi connectivity index (χ3n) is 5.06. The molecule has 1 saturated heterocycles. The van der Waals surface area contributed by atoms with Crippen LogP contribution in [0.3, 0.4) is 0 Å². The number of nitrogens with zero attached hydrogens (tertiary/aromatic N) is 2. The molecular weight excluding hydrogens is 454 g/mol. The first-order chi connectivity index (χ1) is 13.7. The number of hydrogen-bond acceptors (Lipinski definition) is 4. The molecule has 0 saturated carbocycles. The van der Waals surface area contributed by atoms with Gasteiger partial charge in [0.05, 0.1) is 17.1 Å². The van der Waals surface area contributed by atoms with Crippen molar-refractivity contribution in [2.45, 2.75) is 25.7 Å². The summed E-state index contributed by atoms with van der Waals surface area (Å²) in [6, 6.07) is 11.2. The lowest BCUT2D eigenvalue weighted by Crippen LogP contribution is -2.50. The number of halogens is 1. The van der Waals surface area contributed by atoms with Gasteiger partial charge in [0.2, 0.25) is 15.9 Å². The molecule has 0 radical (unpaired) electrons. The SMILES string of the molecule is Cc1ccc(NC(=O)CN2CCN(S(=O)(=O)c3cc(C)ccc3C)CC2)c(Br)c1. The molecule has 1 N–H and O–H groups in total. The fourth-order valence-corrected chi connectivity index (χ4v) is 5.69. The van der Waals surface area contributed by atoms with Gasteiger partial charge in [-0.1, -0.05) is 18.2 Å². The minimum atomic E-state index is -3.53. The van der Waals surface area contributed by atoms with Crippen LogP contribution in [0.2, 0.25) is 0 Å². The number of nitrogens with one attached hydrogen (secondary N) is 1. The number of sulfonamides is 1. The molecule has 8 heteroatoms. The van der Waals surface area contributed by atoms with Crippen LogP contribution in [-0.2, 0) is 14.8 Å². The van der Waals surface area contributed by atoms with Crippen LogP contribution in [0.4, 0.5) is 5.69 Å². The van der Waals surface area contributed by atoms with Crippen LogP contribution in [0.25, 0.3) is 0 Å². The number of amides is 1. The monoisotopic (exact) mass is 479 g/mol. The number of hydrogen-bond donors (Lipinski definition) is 1. The Balaban J connectivity index is 1.58. The Labute approximate surface area is 181 Å². The van der Waals surface area contributed by atoms with Crippen molar-refractivity contribution in [3.05, 3.63) is 57.6 Å². The fourth-order valence-electron chi connectivity index (χ4n) is 3.37. The molecule has 2 aromatic rings. The molecule has 1 fully saturated rings. The Hall–Kier alpha value is -1.74. The largest absolute Gasteiger partial charge is 0.324 e. The van der Waals surface area contributed by atoms with Gasteiger partial charge < -0.3 is 5.32 Å². The molecule has 2 aromatic carbocycles. The molecule has 0 aromatic heterocycles. The Bertz CT molecular complexity index is 1020. The van der Waals surface area contributed by atoms with Gasteiger partial charge in [0.15, 0.2) is 0 Å². The number of piperazine rings is 1. The fraction of sp³-hybridized carbons (Fsp3) is 0.381. The van der Waals surface area contributed by atoms with Crippen LogP contribution in [0.5, 0.6) is 0 Å². The highest BCUT2D eigenvalue weighted by Gasteiger charge is 2.30. The van der Waals surface area contributed by atoms with Gasteiger partial charge in [0.25, 0.3) is 0 Å². The molecule has 0 spiro atoms. The van der Waals surface area contributed by atoms with Crippen molar-refractivity contribution >= 4 is 37.5 Å². The smallest absolute Gasteiger partial charge is 0.243 e. The van der Waals surface area contributed by atoms with E-state index in [-0.39, 0.29) is 12.5 Å². The van der Waals surface area contributed by atoms with E-state index in [4.69, 9.17) is 0 Å². The average molecular weight is 480 g/mol. The van der Waals surface area contributed by atoms with E-state index in [2.05, 4.69) is 21.2 Å². The second-order valence-electron chi connectivity index (χ2n) is 7.48. The van der Waals surface area contributed by atoms with Crippen LogP contribution >= 0.6 is 15.9 Å². The topological polar surface area (TPSA) is 69.7 Å². The lowest BCUT2D eigenvalue weighted by molar-refractivity contribution is -0.117. The third-order valence-corrected chi connectivity index (χ3v) is 7.76. The Morgan fingerprint density at radius 2 is 1.62 bits per heavy atom. The number of anilines is 1. The van der Waals surface area contributed by atoms with E-state index in [1.807, 2.05) is 56.0 Å². The number of benzene rings is 2. The molecule has 0 unspecified atom stereocenters. The lowest BCUT2D eigenvalue weighted by atomic mass is 10.2. The zero-order chi connectivity index (χ0) is 21.2. The van der Waals surface area contributed by atoms with Gasteiger partial charge >= 0.3 is 0 Å². The van der Waals surface area contributed by atoms with Gasteiger partial charge in [-0.15, -0.1) is 0 Å². The van der Waals surface area contributed by atoms with E-state index >= 15 is 0 Å². The zero-order valence-electron chi connectivity index (χ0n) is 16.9. The second kappa shape index (κ2) is 8.95. The molecule has 6 nitrogen and oxygen atoms in total. The quantitative estimate of drug-likeness (QED) is 0.713. The van der Waals surface area contributed by atoms with Gasteiger partial charge in [-0.05, 0) is 71.6 Å². The molecule has 0 atom stereocenters. The van der Waals surface area contributed by atoms with Crippen molar-refractivity contribution in [3.8, 4) is 0 Å². The number of rotatable bonds is 5. The van der Waals surface area contributed by atoms with Gasteiger partial charge in [0.1, 0.15) is 0 Å². The predicted octanol–water partition coefficient (Wildman–Crippen LogP) is 3.32.